The van der Waals surface area contributed by atoms with Gasteiger partial charge in [-0.2, -0.15) is 0 Å². The maximum Gasteiger partial charge on any atom is 0.315 e. The van der Waals surface area contributed by atoms with Gasteiger partial charge in [-0.3, -0.25) is 9.59 Å². The molecule has 0 aromatic rings. The Labute approximate surface area is 83.4 Å². The van der Waals surface area contributed by atoms with Gasteiger partial charge in [-0.1, -0.05) is 0 Å². The number of hydrogen-bond acceptors (Lipinski definition) is 4. The van der Waals surface area contributed by atoms with Gasteiger partial charge < -0.3 is 15.0 Å². The van der Waals surface area contributed by atoms with Crippen molar-refractivity contribution in [3.63, 3.8) is 0 Å². The standard InChI is InChI=1S/C9H16N2O3/c1-11-4-3-7(6-11)10-8(12)5-9(13)14-2/h7H,3-6H2,1-2H3,(H,10,12). The van der Waals surface area contributed by atoms with E-state index in [1.54, 1.807) is 0 Å². The molecule has 1 fully saturated rings. The van der Waals surface area contributed by atoms with E-state index in [4.69, 9.17) is 0 Å². The molecule has 1 rings (SSSR count). The van der Waals surface area contributed by atoms with E-state index in [0.717, 1.165) is 19.5 Å². The first-order chi connectivity index (χ1) is 6.61. The molecule has 1 heterocycles. The Morgan fingerprint density at radius 2 is 2.29 bits per heavy atom. The zero-order chi connectivity index (χ0) is 10.6. The fourth-order valence-electron chi connectivity index (χ4n) is 1.53. The average molecular weight is 200 g/mol. The molecular weight excluding hydrogens is 184 g/mol. The third-order valence-corrected chi connectivity index (χ3v) is 2.29. The summed E-state index contributed by atoms with van der Waals surface area (Å²) < 4.78 is 4.40. The maximum absolute atomic E-state index is 11.2. The largest absolute Gasteiger partial charge is 0.469 e. The fourth-order valence-corrected chi connectivity index (χ4v) is 1.53. The van der Waals surface area contributed by atoms with Crippen molar-refractivity contribution in [2.24, 2.45) is 0 Å². The van der Waals surface area contributed by atoms with E-state index in [1.165, 1.54) is 7.11 Å². The summed E-state index contributed by atoms with van der Waals surface area (Å²) in [5, 5.41) is 2.79. The van der Waals surface area contributed by atoms with Crippen molar-refractivity contribution in [1.29, 1.82) is 0 Å². The van der Waals surface area contributed by atoms with Crippen molar-refractivity contribution in [3.05, 3.63) is 0 Å². The summed E-state index contributed by atoms with van der Waals surface area (Å²) in [6, 6.07) is 0.178. The first kappa shape index (κ1) is 11.0. The Bertz CT molecular complexity index is 230. The van der Waals surface area contributed by atoms with Gasteiger partial charge in [-0.15, -0.1) is 0 Å². The topological polar surface area (TPSA) is 58.6 Å². The van der Waals surface area contributed by atoms with Crippen molar-refractivity contribution < 1.29 is 14.3 Å². The van der Waals surface area contributed by atoms with E-state index in [1.807, 2.05) is 7.05 Å². The molecule has 0 aromatic heterocycles. The third kappa shape index (κ3) is 3.33. The van der Waals surface area contributed by atoms with Crippen LogP contribution in [0.15, 0.2) is 0 Å². The molecule has 5 heteroatoms. The smallest absolute Gasteiger partial charge is 0.315 e. The molecule has 1 saturated heterocycles. The van der Waals surface area contributed by atoms with Gasteiger partial charge in [0.25, 0.3) is 0 Å². The second-order valence-corrected chi connectivity index (χ2v) is 3.57. The number of hydrogen-bond donors (Lipinski definition) is 1. The Morgan fingerprint density at radius 3 is 2.79 bits per heavy atom. The summed E-state index contributed by atoms with van der Waals surface area (Å²) in [6.07, 6.45) is 0.764. The number of likely N-dealkylation sites (tertiary alicyclic amines) is 1. The van der Waals surface area contributed by atoms with Gasteiger partial charge in [-0.05, 0) is 20.0 Å². The number of methoxy groups -OCH3 is 1. The molecule has 1 amide bonds. The maximum atomic E-state index is 11.2. The molecule has 1 atom stereocenters. The molecule has 0 saturated carbocycles. The highest BCUT2D eigenvalue weighted by Gasteiger charge is 2.21. The van der Waals surface area contributed by atoms with Crippen molar-refractivity contribution in [2.75, 3.05) is 27.2 Å². The Hall–Kier alpha value is -1.10. The number of carbonyl (C=O) groups excluding carboxylic acids is 2. The van der Waals surface area contributed by atoms with E-state index in [-0.39, 0.29) is 18.4 Å². The highest BCUT2D eigenvalue weighted by molar-refractivity contribution is 5.94. The molecule has 1 aliphatic rings. The summed E-state index contributed by atoms with van der Waals surface area (Å²) in [5.74, 6) is -0.744. The molecule has 14 heavy (non-hydrogen) atoms. The van der Waals surface area contributed by atoms with Crippen LogP contribution in [0.4, 0.5) is 0 Å². The van der Waals surface area contributed by atoms with Gasteiger partial charge in [0, 0.05) is 12.6 Å². The molecule has 5 nitrogen and oxygen atoms in total. The fraction of sp³-hybridized carbons (Fsp3) is 0.778. The highest BCUT2D eigenvalue weighted by Crippen LogP contribution is 2.05. The number of amides is 1. The second kappa shape index (κ2) is 4.95. The van der Waals surface area contributed by atoms with E-state index in [2.05, 4.69) is 15.0 Å². The second-order valence-electron chi connectivity index (χ2n) is 3.57. The lowest BCUT2D eigenvalue weighted by molar-refractivity contribution is -0.143. The van der Waals surface area contributed by atoms with Gasteiger partial charge >= 0.3 is 5.97 Å². The van der Waals surface area contributed by atoms with Crippen LogP contribution >= 0.6 is 0 Å². The number of esters is 1. The van der Waals surface area contributed by atoms with Crippen LogP contribution in [0.3, 0.4) is 0 Å². The van der Waals surface area contributed by atoms with Gasteiger partial charge in [0.05, 0.1) is 7.11 Å². The zero-order valence-corrected chi connectivity index (χ0v) is 8.58. The molecule has 0 aliphatic carbocycles. The van der Waals surface area contributed by atoms with Crippen LogP contribution in [0.5, 0.6) is 0 Å². The number of likely N-dealkylation sites (N-methyl/N-ethyl adjacent to an activating group) is 1. The Balaban J connectivity index is 2.23. The Morgan fingerprint density at radius 1 is 1.57 bits per heavy atom. The molecule has 1 unspecified atom stereocenters. The lowest BCUT2D eigenvalue weighted by atomic mass is 10.2. The van der Waals surface area contributed by atoms with E-state index in [0.29, 0.717) is 0 Å². The first-order valence-electron chi connectivity index (χ1n) is 4.66. The van der Waals surface area contributed by atoms with Crippen LogP contribution in [0, 0.1) is 0 Å². The number of carbonyl (C=O) groups is 2. The van der Waals surface area contributed by atoms with Crippen molar-refractivity contribution in [2.45, 2.75) is 18.9 Å². The van der Waals surface area contributed by atoms with Gasteiger partial charge in [0.2, 0.25) is 5.91 Å². The summed E-state index contributed by atoms with van der Waals surface area (Å²) in [4.78, 5) is 24.2. The van der Waals surface area contributed by atoms with E-state index >= 15 is 0 Å². The van der Waals surface area contributed by atoms with Crippen LogP contribution in [0.1, 0.15) is 12.8 Å². The normalized spacial score (nSPS) is 22.0. The number of rotatable bonds is 3. The predicted octanol–water partition coefficient (Wildman–Crippen LogP) is -0.630. The number of nitrogens with one attached hydrogen (secondary N) is 1. The van der Waals surface area contributed by atoms with Gasteiger partial charge in [0.1, 0.15) is 6.42 Å². The molecule has 1 aliphatic heterocycles. The monoisotopic (exact) mass is 200 g/mol. The minimum absolute atomic E-state index is 0.178. The van der Waals surface area contributed by atoms with Gasteiger partial charge in [0.15, 0.2) is 0 Å². The quantitative estimate of drug-likeness (QED) is 0.487. The van der Waals surface area contributed by atoms with Crippen molar-refractivity contribution >= 4 is 11.9 Å². The molecule has 1 N–H and O–H groups in total. The van der Waals surface area contributed by atoms with Crippen LogP contribution in [0.2, 0.25) is 0 Å². The average Bonchev–Trinajstić information content (AvgIpc) is 2.50. The number of nitrogens with zero attached hydrogens (tertiary/aromatic N) is 1. The summed E-state index contributed by atoms with van der Waals surface area (Å²) in [7, 11) is 3.28. The lowest BCUT2D eigenvalue weighted by Gasteiger charge is -2.11. The summed E-state index contributed by atoms with van der Waals surface area (Å²) >= 11 is 0. The summed E-state index contributed by atoms with van der Waals surface area (Å²) in [6.45, 7) is 1.84. The Kier molecular flexibility index (Phi) is 3.88. The van der Waals surface area contributed by atoms with Gasteiger partial charge in [-0.25, -0.2) is 0 Å². The van der Waals surface area contributed by atoms with Crippen LogP contribution in [0.25, 0.3) is 0 Å². The highest BCUT2D eigenvalue weighted by atomic mass is 16.5. The molecule has 0 radical (unpaired) electrons. The van der Waals surface area contributed by atoms with Crippen molar-refractivity contribution in [3.8, 4) is 0 Å². The molecule has 0 spiro atoms. The zero-order valence-electron chi connectivity index (χ0n) is 8.58. The number of ether oxygens (including phenoxy) is 1. The van der Waals surface area contributed by atoms with Crippen LogP contribution in [-0.2, 0) is 14.3 Å². The SMILES string of the molecule is COC(=O)CC(=O)NC1CCN(C)C1. The van der Waals surface area contributed by atoms with E-state index in [9.17, 15) is 9.59 Å². The van der Waals surface area contributed by atoms with E-state index < -0.39 is 5.97 Å². The third-order valence-electron chi connectivity index (χ3n) is 2.29. The van der Waals surface area contributed by atoms with Crippen molar-refractivity contribution in [1.82, 2.24) is 10.2 Å². The lowest BCUT2D eigenvalue weighted by Crippen LogP contribution is -2.37. The minimum Gasteiger partial charge on any atom is -0.469 e. The molecule has 80 valence electrons. The molecule has 0 bridgehead atoms. The minimum atomic E-state index is -0.492. The molecule has 0 aromatic carbocycles. The first-order valence-corrected chi connectivity index (χ1v) is 4.66. The predicted molar refractivity (Wildman–Crippen MR) is 50.7 cm³/mol. The molecular formula is C9H16N2O3. The van der Waals surface area contributed by atoms with Crippen LogP contribution in [-0.4, -0.2) is 50.1 Å². The van der Waals surface area contributed by atoms with Crippen LogP contribution < -0.4 is 5.32 Å². The summed E-state index contributed by atoms with van der Waals surface area (Å²) in [5.41, 5.74) is 0.